The molecule has 0 spiro atoms. The van der Waals surface area contributed by atoms with E-state index >= 15 is 0 Å². The van der Waals surface area contributed by atoms with E-state index in [-0.39, 0.29) is 24.0 Å². The number of hydrogen-bond donors (Lipinski definition) is 2. The largest absolute Gasteiger partial charge is 0.508 e. The van der Waals surface area contributed by atoms with Crippen molar-refractivity contribution in [1.29, 1.82) is 0 Å². The molecule has 1 aromatic rings. The molecule has 1 aliphatic heterocycles. The number of carbonyl (C=O) groups excluding carboxylic acids is 1. The van der Waals surface area contributed by atoms with Gasteiger partial charge in [0.25, 0.3) is 5.91 Å². The first kappa shape index (κ1) is 12.4. The van der Waals surface area contributed by atoms with Gasteiger partial charge < -0.3 is 15.1 Å². The highest BCUT2D eigenvalue weighted by Crippen LogP contribution is 2.24. The number of aryl methyl sites for hydroxylation is 1. The third-order valence-electron chi connectivity index (χ3n) is 3.15. The van der Waals surface area contributed by atoms with E-state index in [1.165, 1.54) is 6.07 Å². The van der Waals surface area contributed by atoms with Crippen molar-refractivity contribution in [2.75, 3.05) is 13.1 Å². The minimum Gasteiger partial charge on any atom is -0.508 e. The maximum absolute atomic E-state index is 12.1. The zero-order chi connectivity index (χ0) is 13.3. The summed E-state index contributed by atoms with van der Waals surface area (Å²) in [6, 6.07) is 4.62. The Balaban J connectivity index is 1.99. The quantitative estimate of drug-likeness (QED) is 0.845. The number of phenols is 1. The van der Waals surface area contributed by atoms with Gasteiger partial charge in [0.05, 0.1) is 6.42 Å². The summed E-state index contributed by atoms with van der Waals surface area (Å²) in [5, 5.41) is 17.9. The second-order valence-corrected chi connectivity index (χ2v) is 4.67. The van der Waals surface area contributed by atoms with Gasteiger partial charge in [-0.3, -0.25) is 9.59 Å². The van der Waals surface area contributed by atoms with Crippen LogP contribution in [0.3, 0.4) is 0 Å². The number of rotatable bonds is 3. The molecule has 18 heavy (non-hydrogen) atoms. The number of amides is 1. The monoisotopic (exact) mass is 249 g/mol. The third kappa shape index (κ3) is 2.45. The van der Waals surface area contributed by atoms with Crippen LogP contribution in [0.5, 0.6) is 5.75 Å². The van der Waals surface area contributed by atoms with Crippen molar-refractivity contribution < 1.29 is 19.8 Å². The fraction of sp³-hybridized carbons (Fsp3) is 0.385. The van der Waals surface area contributed by atoms with Crippen LogP contribution in [0.15, 0.2) is 18.2 Å². The summed E-state index contributed by atoms with van der Waals surface area (Å²) in [5.41, 5.74) is 1.28. The normalized spacial score (nSPS) is 15.3. The Morgan fingerprint density at radius 1 is 1.39 bits per heavy atom. The van der Waals surface area contributed by atoms with E-state index in [0.717, 1.165) is 5.56 Å². The number of carbonyl (C=O) groups is 2. The van der Waals surface area contributed by atoms with Gasteiger partial charge in [0.15, 0.2) is 0 Å². The maximum atomic E-state index is 12.1. The number of benzene rings is 1. The predicted molar refractivity (Wildman–Crippen MR) is 64.5 cm³/mol. The topological polar surface area (TPSA) is 77.8 Å². The number of phenolic OH excluding ortho intramolecular Hbond substituents is 1. The molecule has 1 aromatic carbocycles. The van der Waals surface area contributed by atoms with E-state index in [0.29, 0.717) is 18.7 Å². The van der Waals surface area contributed by atoms with Gasteiger partial charge in [-0.25, -0.2) is 0 Å². The zero-order valence-corrected chi connectivity index (χ0v) is 10.1. The van der Waals surface area contributed by atoms with Crippen molar-refractivity contribution in [2.45, 2.75) is 13.3 Å². The highest BCUT2D eigenvalue weighted by Gasteiger charge is 2.32. The molecule has 1 aliphatic rings. The van der Waals surface area contributed by atoms with E-state index in [1.54, 1.807) is 24.0 Å². The van der Waals surface area contributed by atoms with Crippen molar-refractivity contribution in [2.24, 2.45) is 5.92 Å². The van der Waals surface area contributed by atoms with E-state index in [1.807, 2.05) is 0 Å². The predicted octanol–water partition coefficient (Wildman–Crippen LogP) is 1.25. The van der Waals surface area contributed by atoms with Crippen LogP contribution in [-0.2, 0) is 4.79 Å². The summed E-state index contributed by atoms with van der Waals surface area (Å²) in [5.74, 6) is -0.734. The maximum Gasteiger partial charge on any atom is 0.303 e. The van der Waals surface area contributed by atoms with Crippen molar-refractivity contribution in [3.05, 3.63) is 29.3 Å². The number of likely N-dealkylation sites (tertiary alicyclic amines) is 1. The van der Waals surface area contributed by atoms with Crippen molar-refractivity contribution in [1.82, 2.24) is 4.90 Å². The summed E-state index contributed by atoms with van der Waals surface area (Å²) in [4.78, 5) is 24.2. The van der Waals surface area contributed by atoms with E-state index < -0.39 is 5.97 Å². The highest BCUT2D eigenvalue weighted by molar-refractivity contribution is 5.96. The molecule has 2 N–H and O–H groups in total. The Morgan fingerprint density at radius 3 is 2.61 bits per heavy atom. The van der Waals surface area contributed by atoms with Gasteiger partial charge in [-0.15, -0.1) is 0 Å². The fourth-order valence-corrected chi connectivity index (χ4v) is 2.17. The van der Waals surface area contributed by atoms with Gasteiger partial charge in [0, 0.05) is 24.6 Å². The van der Waals surface area contributed by atoms with E-state index in [4.69, 9.17) is 5.11 Å². The van der Waals surface area contributed by atoms with Gasteiger partial charge in [0.1, 0.15) is 5.75 Å². The lowest BCUT2D eigenvalue weighted by Crippen LogP contribution is -2.50. The van der Waals surface area contributed by atoms with Gasteiger partial charge in [-0.2, -0.15) is 0 Å². The third-order valence-corrected chi connectivity index (χ3v) is 3.15. The van der Waals surface area contributed by atoms with Gasteiger partial charge in [-0.05, 0) is 30.7 Å². The molecule has 1 fully saturated rings. The Morgan fingerprint density at radius 2 is 2.06 bits per heavy atom. The molecule has 0 aliphatic carbocycles. The second kappa shape index (κ2) is 4.68. The molecule has 1 heterocycles. The van der Waals surface area contributed by atoms with Crippen molar-refractivity contribution in [3.63, 3.8) is 0 Å². The Hall–Kier alpha value is -2.04. The molecule has 0 aromatic heterocycles. The molecule has 5 heteroatoms. The molecular weight excluding hydrogens is 234 g/mol. The summed E-state index contributed by atoms with van der Waals surface area (Å²) in [6.45, 7) is 2.75. The Bertz CT molecular complexity index is 492. The molecule has 2 rings (SSSR count). The standard InChI is InChI=1S/C13H15NO4/c1-8-4-10(15)2-3-11(8)13(18)14-6-9(7-14)5-12(16)17/h2-4,9,15H,5-7H2,1H3,(H,16,17). The number of hydrogen-bond acceptors (Lipinski definition) is 3. The van der Waals surface area contributed by atoms with Gasteiger partial charge >= 0.3 is 5.97 Å². The van der Waals surface area contributed by atoms with Crippen LogP contribution in [0.2, 0.25) is 0 Å². The smallest absolute Gasteiger partial charge is 0.303 e. The van der Waals surface area contributed by atoms with E-state index in [2.05, 4.69) is 0 Å². The summed E-state index contributed by atoms with van der Waals surface area (Å²) in [7, 11) is 0. The van der Waals surface area contributed by atoms with Gasteiger partial charge in [0.2, 0.25) is 0 Å². The minimum atomic E-state index is -0.826. The highest BCUT2D eigenvalue weighted by atomic mass is 16.4. The molecule has 1 amide bonds. The Kier molecular flexibility index (Phi) is 3.23. The molecule has 0 bridgehead atoms. The van der Waals surface area contributed by atoms with Crippen LogP contribution in [0.1, 0.15) is 22.3 Å². The van der Waals surface area contributed by atoms with Crippen LogP contribution in [0, 0.1) is 12.8 Å². The van der Waals surface area contributed by atoms with Crippen LogP contribution < -0.4 is 0 Å². The molecule has 0 saturated carbocycles. The lowest BCUT2D eigenvalue weighted by atomic mass is 9.94. The lowest BCUT2D eigenvalue weighted by Gasteiger charge is -2.38. The number of aromatic hydroxyl groups is 1. The summed E-state index contributed by atoms with van der Waals surface area (Å²) < 4.78 is 0. The molecule has 0 unspecified atom stereocenters. The van der Waals surface area contributed by atoms with Crippen LogP contribution in [0.4, 0.5) is 0 Å². The first-order valence-electron chi connectivity index (χ1n) is 5.78. The average Bonchev–Trinajstić information content (AvgIpc) is 2.21. The summed E-state index contributed by atoms with van der Waals surface area (Å²) >= 11 is 0. The molecule has 5 nitrogen and oxygen atoms in total. The van der Waals surface area contributed by atoms with Crippen molar-refractivity contribution in [3.8, 4) is 5.75 Å². The average molecular weight is 249 g/mol. The van der Waals surface area contributed by atoms with Crippen LogP contribution >= 0.6 is 0 Å². The van der Waals surface area contributed by atoms with Crippen molar-refractivity contribution >= 4 is 11.9 Å². The van der Waals surface area contributed by atoms with Crippen LogP contribution in [-0.4, -0.2) is 40.1 Å². The Labute approximate surface area is 105 Å². The number of aliphatic carboxylic acids is 1. The SMILES string of the molecule is Cc1cc(O)ccc1C(=O)N1CC(CC(=O)O)C1. The first-order valence-corrected chi connectivity index (χ1v) is 5.78. The second-order valence-electron chi connectivity index (χ2n) is 4.67. The fourth-order valence-electron chi connectivity index (χ4n) is 2.17. The molecular formula is C13H15NO4. The molecule has 96 valence electrons. The number of carboxylic acids is 1. The minimum absolute atomic E-state index is 0.0591. The molecule has 1 saturated heterocycles. The molecule has 0 radical (unpaired) electrons. The summed E-state index contributed by atoms with van der Waals surface area (Å²) in [6.07, 6.45) is 0.109. The van der Waals surface area contributed by atoms with E-state index in [9.17, 15) is 14.7 Å². The number of carboxylic acid groups (broad SMARTS) is 1. The first-order chi connectivity index (χ1) is 8.47. The zero-order valence-electron chi connectivity index (χ0n) is 10.1. The van der Waals surface area contributed by atoms with Crippen LogP contribution in [0.25, 0.3) is 0 Å². The lowest BCUT2D eigenvalue weighted by molar-refractivity contribution is -0.139. The number of nitrogens with zero attached hydrogens (tertiary/aromatic N) is 1. The molecule has 0 atom stereocenters. The van der Waals surface area contributed by atoms with Gasteiger partial charge in [-0.1, -0.05) is 0 Å².